The number of halogens is 1. The van der Waals surface area contributed by atoms with Crippen LogP contribution in [0.1, 0.15) is 45.2 Å². The molecule has 1 N–H and O–H groups in total. The van der Waals surface area contributed by atoms with Crippen LogP contribution in [0.2, 0.25) is 5.02 Å². The van der Waals surface area contributed by atoms with Crippen molar-refractivity contribution >= 4 is 11.6 Å². The zero-order valence-corrected chi connectivity index (χ0v) is 12.6. The van der Waals surface area contributed by atoms with Crippen molar-refractivity contribution in [3.63, 3.8) is 0 Å². The minimum Gasteiger partial charge on any atom is -0.493 e. The average molecular weight is 270 g/mol. The predicted octanol–water partition coefficient (Wildman–Crippen LogP) is 4.44. The van der Waals surface area contributed by atoms with Crippen molar-refractivity contribution in [2.75, 3.05) is 13.7 Å². The Morgan fingerprint density at radius 3 is 2.67 bits per heavy atom. The number of ether oxygens (including phenoxy) is 1. The van der Waals surface area contributed by atoms with Crippen LogP contribution in [-0.4, -0.2) is 13.7 Å². The third-order valence-electron chi connectivity index (χ3n) is 3.18. The number of benzene rings is 1. The fourth-order valence-corrected chi connectivity index (χ4v) is 2.13. The van der Waals surface area contributed by atoms with E-state index in [0.29, 0.717) is 5.92 Å². The van der Waals surface area contributed by atoms with Gasteiger partial charge >= 0.3 is 0 Å². The van der Waals surface area contributed by atoms with Gasteiger partial charge in [0.2, 0.25) is 0 Å². The van der Waals surface area contributed by atoms with Crippen LogP contribution in [0.15, 0.2) is 18.2 Å². The highest BCUT2D eigenvalue weighted by atomic mass is 35.5. The lowest BCUT2D eigenvalue weighted by Gasteiger charge is -2.18. The van der Waals surface area contributed by atoms with E-state index < -0.39 is 0 Å². The van der Waals surface area contributed by atoms with Gasteiger partial charge in [0.05, 0.1) is 6.61 Å². The van der Waals surface area contributed by atoms with E-state index in [4.69, 9.17) is 16.3 Å². The quantitative estimate of drug-likeness (QED) is 0.790. The van der Waals surface area contributed by atoms with Gasteiger partial charge in [-0.15, -0.1) is 0 Å². The first-order valence-corrected chi connectivity index (χ1v) is 7.05. The minimum absolute atomic E-state index is 0.236. The van der Waals surface area contributed by atoms with Crippen LogP contribution in [-0.2, 0) is 0 Å². The molecule has 0 aromatic heterocycles. The Labute approximate surface area is 116 Å². The highest BCUT2D eigenvalue weighted by Gasteiger charge is 2.12. The molecule has 18 heavy (non-hydrogen) atoms. The minimum atomic E-state index is 0.236. The van der Waals surface area contributed by atoms with Gasteiger partial charge in [-0.25, -0.2) is 0 Å². The molecule has 0 fully saturated rings. The second-order valence-electron chi connectivity index (χ2n) is 4.90. The van der Waals surface area contributed by atoms with Gasteiger partial charge in [0, 0.05) is 16.6 Å². The van der Waals surface area contributed by atoms with Gasteiger partial charge in [0.25, 0.3) is 0 Å². The standard InChI is InChI=1S/C15H24ClNO/c1-5-6-11(2)10-18-15-8-7-13(16)9-14(15)12(3)17-4/h7-9,11-12,17H,5-6,10H2,1-4H3. The third kappa shape index (κ3) is 4.51. The molecule has 1 rings (SSSR count). The number of hydrogen-bond donors (Lipinski definition) is 1. The van der Waals surface area contributed by atoms with Crippen LogP contribution in [0.3, 0.4) is 0 Å². The first kappa shape index (κ1) is 15.3. The van der Waals surface area contributed by atoms with Gasteiger partial charge in [-0.2, -0.15) is 0 Å². The molecule has 0 saturated carbocycles. The van der Waals surface area contributed by atoms with Crippen LogP contribution in [0, 0.1) is 5.92 Å². The first-order valence-electron chi connectivity index (χ1n) is 6.68. The fraction of sp³-hybridized carbons (Fsp3) is 0.600. The van der Waals surface area contributed by atoms with E-state index in [1.807, 2.05) is 25.2 Å². The Balaban J connectivity index is 2.75. The van der Waals surface area contributed by atoms with Crippen molar-refractivity contribution in [1.29, 1.82) is 0 Å². The van der Waals surface area contributed by atoms with Gasteiger partial charge in [-0.05, 0) is 44.5 Å². The maximum atomic E-state index is 6.05. The van der Waals surface area contributed by atoms with Crippen LogP contribution >= 0.6 is 11.6 Å². The number of rotatable bonds is 7. The lowest BCUT2D eigenvalue weighted by atomic mass is 10.1. The van der Waals surface area contributed by atoms with Crippen molar-refractivity contribution in [2.45, 2.75) is 39.7 Å². The summed E-state index contributed by atoms with van der Waals surface area (Å²) < 4.78 is 5.93. The van der Waals surface area contributed by atoms with Crippen molar-refractivity contribution < 1.29 is 4.74 Å². The Morgan fingerprint density at radius 1 is 1.33 bits per heavy atom. The normalized spacial score (nSPS) is 14.3. The molecular weight excluding hydrogens is 246 g/mol. The molecule has 2 nitrogen and oxygen atoms in total. The third-order valence-corrected chi connectivity index (χ3v) is 3.41. The summed E-state index contributed by atoms with van der Waals surface area (Å²) in [6.07, 6.45) is 2.40. The Hall–Kier alpha value is -0.730. The summed E-state index contributed by atoms with van der Waals surface area (Å²) in [5.41, 5.74) is 1.12. The molecule has 0 bridgehead atoms. The molecule has 1 aromatic carbocycles. The molecule has 0 amide bonds. The second-order valence-corrected chi connectivity index (χ2v) is 5.33. The lowest BCUT2D eigenvalue weighted by molar-refractivity contribution is 0.248. The summed E-state index contributed by atoms with van der Waals surface area (Å²) in [5.74, 6) is 1.52. The summed E-state index contributed by atoms with van der Waals surface area (Å²) in [6, 6.07) is 6.06. The molecular formula is C15H24ClNO. The van der Waals surface area contributed by atoms with Gasteiger partial charge in [-0.1, -0.05) is 31.9 Å². The van der Waals surface area contributed by atoms with Crippen molar-refractivity contribution in [1.82, 2.24) is 5.32 Å². The molecule has 0 aliphatic rings. The number of hydrogen-bond acceptors (Lipinski definition) is 2. The van der Waals surface area contributed by atoms with E-state index in [0.717, 1.165) is 22.9 Å². The highest BCUT2D eigenvalue weighted by molar-refractivity contribution is 6.30. The SMILES string of the molecule is CCCC(C)COc1ccc(Cl)cc1C(C)NC. The van der Waals surface area contributed by atoms with Gasteiger partial charge in [0.1, 0.15) is 5.75 Å². The van der Waals surface area contributed by atoms with E-state index in [1.54, 1.807) is 0 Å². The summed E-state index contributed by atoms with van der Waals surface area (Å²) in [5, 5.41) is 3.97. The van der Waals surface area contributed by atoms with Crippen molar-refractivity contribution in [3.05, 3.63) is 28.8 Å². The molecule has 0 aliphatic heterocycles. The summed E-state index contributed by atoms with van der Waals surface area (Å²) in [4.78, 5) is 0. The predicted molar refractivity (Wildman–Crippen MR) is 78.5 cm³/mol. The molecule has 1 aromatic rings. The fourth-order valence-electron chi connectivity index (χ4n) is 1.95. The van der Waals surface area contributed by atoms with E-state index in [-0.39, 0.29) is 6.04 Å². The van der Waals surface area contributed by atoms with E-state index >= 15 is 0 Å². The molecule has 0 heterocycles. The molecule has 0 saturated heterocycles. The zero-order valence-electron chi connectivity index (χ0n) is 11.8. The topological polar surface area (TPSA) is 21.3 Å². The molecule has 102 valence electrons. The Bertz CT molecular complexity index is 368. The monoisotopic (exact) mass is 269 g/mol. The molecule has 0 aliphatic carbocycles. The van der Waals surface area contributed by atoms with Gasteiger partial charge in [-0.3, -0.25) is 0 Å². The van der Waals surface area contributed by atoms with Gasteiger partial charge < -0.3 is 10.1 Å². The molecule has 3 heteroatoms. The smallest absolute Gasteiger partial charge is 0.124 e. The summed E-state index contributed by atoms with van der Waals surface area (Å²) in [6.45, 7) is 7.29. The van der Waals surface area contributed by atoms with E-state index in [1.165, 1.54) is 12.8 Å². The number of nitrogens with one attached hydrogen (secondary N) is 1. The highest BCUT2D eigenvalue weighted by Crippen LogP contribution is 2.28. The van der Waals surface area contributed by atoms with Gasteiger partial charge in [0.15, 0.2) is 0 Å². The average Bonchev–Trinajstić information content (AvgIpc) is 2.36. The Kier molecular flexibility index (Phi) is 6.51. The Morgan fingerprint density at radius 2 is 2.06 bits per heavy atom. The molecule has 2 atom stereocenters. The second kappa shape index (κ2) is 7.65. The maximum absolute atomic E-state index is 6.05. The summed E-state index contributed by atoms with van der Waals surface area (Å²) >= 11 is 6.05. The van der Waals surface area contributed by atoms with Crippen LogP contribution in [0.5, 0.6) is 5.75 Å². The van der Waals surface area contributed by atoms with E-state index in [2.05, 4.69) is 26.1 Å². The summed E-state index contributed by atoms with van der Waals surface area (Å²) in [7, 11) is 1.94. The lowest BCUT2D eigenvalue weighted by Crippen LogP contribution is -2.15. The maximum Gasteiger partial charge on any atom is 0.124 e. The van der Waals surface area contributed by atoms with Crippen LogP contribution in [0.4, 0.5) is 0 Å². The van der Waals surface area contributed by atoms with Crippen LogP contribution in [0.25, 0.3) is 0 Å². The van der Waals surface area contributed by atoms with Crippen LogP contribution < -0.4 is 10.1 Å². The molecule has 0 radical (unpaired) electrons. The molecule has 0 spiro atoms. The van der Waals surface area contributed by atoms with Crippen molar-refractivity contribution in [2.24, 2.45) is 5.92 Å². The van der Waals surface area contributed by atoms with E-state index in [9.17, 15) is 0 Å². The largest absolute Gasteiger partial charge is 0.493 e. The first-order chi connectivity index (χ1) is 8.58. The zero-order chi connectivity index (χ0) is 13.5. The molecule has 2 unspecified atom stereocenters. The van der Waals surface area contributed by atoms with Crippen molar-refractivity contribution in [3.8, 4) is 5.75 Å².